The Kier molecular flexibility index (Phi) is 5.14. The Balaban J connectivity index is 1.88. The van der Waals surface area contributed by atoms with Crippen LogP contribution >= 0.6 is 0 Å². The molecule has 126 valence electrons. The fourth-order valence-electron chi connectivity index (χ4n) is 3.85. The van der Waals surface area contributed by atoms with E-state index in [1.54, 1.807) is 24.3 Å². The summed E-state index contributed by atoms with van der Waals surface area (Å²) in [5, 5.41) is 12.1. The van der Waals surface area contributed by atoms with Crippen LogP contribution in [-0.4, -0.2) is 35.8 Å². The minimum Gasteiger partial charge on any atom is -0.356 e. The fraction of sp³-hybridized carbons (Fsp3) is 0.526. The highest BCUT2D eigenvalue weighted by Crippen LogP contribution is 2.32. The molecular formula is C19H23N3O2. The predicted octanol–water partition coefficient (Wildman–Crippen LogP) is 2.47. The van der Waals surface area contributed by atoms with Gasteiger partial charge >= 0.3 is 0 Å². The smallest absolute Gasteiger partial charge is 0.254 e. The third-order valence-electron chi connectivity index (χ3n) is 5.09. The number of nitriles is 1. The van der Waals surface area contributed by atoms with E-state index in [0.717, 1.165) is 45.1 Å². The van der Waals surface area contributed by atoms with Crippen LogP contribution in [0, 0.1) is 17.2 Å². The summed E-state index contributed by atoms with van der Waals surface area (Å²) in [6.07, 6.45) is 5.60. The minimum atomic E-state index is -0.105. The van der Waals surface area contributed by atoms with Gasteiger partial charge in [0, 0.05) is 24.7 Å². The van der Waals surface area contributed by atoms with Crippen molar-refractivity contribution in [2.24, 2.45) is 5.92 Å². The lowest BCUT2D eigenvalue weighted by atomic mass is 9.98. The zero-order valence-electron chi connectivity index (χ0n) is 13.8. The van der Waals surface area contributed by atoms with Crippen LogP contribution in [0.1, 0.15) is 54.4 Å². The first-order chi connectivity index (χ1) is 11.7. The van der Waals surface area contributed by atoms with Crippen molar-refractivity contribution >= 4 is 11.8 Å². The van der Waals surface area contributed by atoms with Crippen molar-refractivity contribution in [3.63, 3.8) is 0 Å². The van der Waals surface area contributed by atoms with Gasteiger partial charge in [-0.2, -0.15) is 5.26 Å². The van der Waals surface area contributed by atoms with Gasteiger partial charge in [0.15, 0.2) is 0 Å². The normalized spacial score (nSPS) is 24.6. The van der Waals surface area contributed by atoms with Crippen molar-refractivity contribution in [3.8, 4) is 6.07 Å². The molecule has 0 spiro atoms. The first-order valence-electron chi connectivity index (χ1n) is 8.79. The molecule has 5 heteroatoms. The van der Waals surface area contributed by atoms with Crippen LogP contribution in [0.25, 0.3) is 0 Å². The molecule has 24 heavy (non-hydrogen) atoms. The monoisotopic (exact) mass is 325 g/mol. The van der Waals surface area contributed by atoms with Crippen LogP contribution in [-0.2, 0) is 4.79 Å². The Morgan fingerprint density at radius 3 is 2.92 bits per heavy atom. The highest BCUT2D eigenvalue weighted by atomic mass is 16.2. The molecule has 2 aliphatic rings. The van der Waals surface area contributed by atoms with Gasteiger partial charge < -0.3 is 10.2 Å². The largest absolute Gasteiger partial charge is 0.356 e. The molecular weight excluding hydrogens is 302 g/mol. The van der Waals surface area contributed by atoms with E-state index >= 15 is 0 Å². The zero-order chi connectivity index (χ0) is 16.9. The lowest BCUT2D eigenvalue weighted by molar-refractivity contribution is -0.126. The van der Waals surface area contributed by atoms with Gasteiger partial charge in [-0.3, -0.25) is 9.59 Å². The first-order valence-corrected chi connectivity index (χ1v) is 8.79. The first kappa shape index (κ1) is 16.5. The van der Waals surface area contributed by atoms with E-state index in [1.807, 2.05) is 4.90 Å². The number of amides is 2. The number of fused-ring (bicyclic) bond motifs is 1. The Bertz CT molecular complexity index is 665. The second kappa shape index (κ2) is 7.48. The second-order valence-corrected chi connectivity index (χ2v) is 6.65. The van der Waals surface area contributed by atoms with Crippen molar-refractivity contribution in [2.45, 2.75) is 44.6 Å². The van der Waals surface area contributed by atoms with Gasteiger partial charge in [0.2, 0.25) is 5.91 Å². The Morgan fingerprint density at radius 1 is 1.21 bits per heavy atom. The molecule has 1 aliphatic heterocycles. The number of benzene rings is 1. The molecule has 1 saturated carbocycles. The highest BCUT2D eigenvalue weighted by molar-refractivity contribution is 5.95. The predicted molar refractivity (Wildman–Crippen MR) is 90.2 cm³/mol. The lowest BCUT2D eigenvalue weighted by Gasteiger charge is -2.33. The number of rotatable bonds is 1. The summed E-state index contributed by atoms with van der Waals surface area (Å²) in [7, 11) is 0. The molecule has 3 rings (SSSR count). The Hall–Kier alpha value is -2.35. The average Bonchev–Trinajstić information content (AvgIpc) is 3.10. The third-order valence-corrected chi connectivity index (χ3v) is 5.09. The van der Waals surface area contributed by atoms with Gasteiger partial charge in [-0.05, 0) is 50.3 Å². The second-order valence-electron chi connectivity index (χ2n) is 6.65. The van der Waals surface area contributed by atoms with Gasteiger partial charge in [0.05, 0.1) is 17.6 Å². The van der Waals surface area contributed by atoms with E-state index < -0.39 is 0 Å². The number of carbonyl (C=O) groups excluding carboxylic acids is 2. The van der Waals surface area contributed by atoms with Crippen LogP contribution in [0.4, 0.5) is 0 Å². The molecule has 1 saturated heterocycles. The summed E-state index contributed by atoms with van der Waals surface area (Å²) >= 11 is 0. The van der Waals surface area contributed by atoms with E-state index in [0.29, 0.717) is 17.7 Å². The van der Waals surface area contributed by atoms with Gasteiger partial charge in [-0.1, -0.05) is 12.5 Å². The molecule has 2 unspecified atom stereocenters. The molecule has 1 aliphatic carbocycles. The number of nitrogens with one attached hydrogen (secondary N) is 1. The van der Waals surface area contributed by atoms with Crippen LogP contribution < -0.4 is 5.32 Å². The summed E-state index contributed by atoms with van der Waals surface area (Å²) in [5.74, 6) is -0.0773. The van der Waals surface area contributed by atoms with E-state index in [9.17, 15) is 9.59 Å². The summed E-state index contributed by atoms with van der Waals surface area (Å²) in [6, 6.07) is 8.90. The molecule has 1 N–H and O–H groups in total. The van der Waals surface area contributed by atoms with Crippen LogP contribution in [0.5, 0.6) is 0 Å². The van der Waals surface area contributed by atoms with E-state index in [-0.39, 0.29) is 23.8 Å². The maximum Gasteiger partial charge on any atom is 0.254 e. The van der Waals surface area contributed by atoms with E-state index in [1.165, 1.54) is 0 Å². The maximum absolute atomic E-state index is 13.1. The van der Waals surface area contributed by atoms with Crippen LogP contribution in [0.15, 0.2) is 24.3 Å². The Morgan fingerprint density at radius 2 is 2.08 bits per heavy atom. The maximum atomic E-state index is 13.1. The van der Waals surface area contributed by atoms with Crippen molar-refractivity contribution < 1.29 is 9.59 Å². The lowest BCUT2D eigenvalue weighted by Crippen LogP contribution is -2.48. The standard InChI is InChI=1S/C19H23N3O2/c20-13-14-6-4-7-15(12-14)19(24)22-11-3-1-2-10-21-18(23)16-8-5-9-17(16)22/h4,6-7,12,16-17H,1-3,5,8-11H2,(H,21,23). The summed E-state index contributed by atoms with van der Waals surface area (Å²) in [4.78, 5) is 27.4. The molecule has 1 aromatic carbocycles. The molecule has 5 nitrogen and oxygen atoms in total. The number of hydrogen-bond acceptors (Lipinski definition) is 3. The van der Waals surface area contributed by atoms with Crippen molar-refractivity contribution in [1.82, 2.24) is 10.2 Å². The minimum absolute atomic E-state index is 0.0265. The summed E-state index contributed by atoms with van der Waals surface area (Å²) in [6.45, 7) is 1.42. The Labute approximate surface area is 142 Å². The highest BCUT2D eigenvalue weighted by Gasteiger charge is 2.39. The molecule has 2 atom stereocenters. The molecule has 0 aromatic heterocycles. The van der Waals surface area contributed by atoms with Gasteiger partial charge in [0.1, 0.15) is 0 Å². The third kappa shape index (κ3) is 3.43. The van der Waals surface area contributed by atoms with Gasteiger partial charge in [-0.25, -0.2) is 0 Å². The number of nitrogens with zero attached hydrogens (tertiary/aromatic N) is 2. The number of carbonyl (C=O) groups is 2. The molecule has 2 amide bonds. The summed E-state index contributed by atoms with van der Waals surface area (Å²) in [5.41, 5.74) is 1.03. The average molecular weight is 325 g/mol. The number of hydrogen-bond donors (Lipinski definition) is 1. The van der Waals surface area contributed by atoms with E-state index in [4.69, 9.17) is 5.26 Å². The van der Waals surface area contributed by atoms with Crippen LogP contribution in [0.3, 0.4) is 0 Å². The topological polar surface area (TPSA) is 73.2 Å². The SMILES string of the molecule is N#Cc1cccc(C(=O)N2CCCCCNC(=O)C3CCCC32)c1. The van der Waals surface area contributed by atoms with Crippen LogP contribution in [0.2, 0.25) is 0 Å². The quantitative estimate of drug-likeness (QED) is 0.862. The molecule has 1 aromatic rings. The van der Waals surface area contributed by atoms with Crippen molar-refractivity contribution in [1.29, 1.82) is 5.26 Å². The molecule has 1 heterocycles. The van der Waals surface area contributed by atoms with E-state index in [2.05, 4.69) is 11.4 Å². The van der Waals surface area contributed by atoms with Crippen molar-refractivity contribution in [2.75, 3.05) is 13.1 Å². The van der Waals surface area contributed by atoms with Gasteiger partial charge in [0.25, 0.3) is 5.91 Å². The fourth-order valence-corrected chi connectivity index (χ4v) is 3.85. The van der Waals surface area contributed by atoms with Crippen molar-refractivity contribution in [3.05, 3.63) is 35.4 Å². The van der Waals surface area contributed by atoms with Gasteiger partial charge in [-0.15, -0.1) is 0 Å². The zero-order valence-corrected chi connectivity index (χ0v) is 13.8. The molecule has 0 radical (unpaired) electrons. The summed E-state index contributed by atoms with van der Waals surface area (Å²) < 4.78 is 0. The molecule has 2 fully saturated rings. The molecule has 0 bridgehead atoms.